The van der Waals surface area contributed by atoms with Gasteiger partial charge in [-0.2, -0.15) is 23.5 Å². The van der Waals surface area contributed by atoms with Gasteiger partial charge < -0.3 is 4.42 Å². The molecule has 0 N–H and O–H groups in total. The second-order valence-corrected chi connectivity index (χ2v) is 5.17. The van der Waals surface area contributed by atoms with Crippen LogP contribution >= 0.6 is 0 Å². The largest absolute Gasteiger partial charge is 0.439 e. The first-order chi connectivity index (χ1) is 11.9. The number of hydrogen-bond acceptors (Lipinski definition) is 5. The van der Waals surface area contributed by atoms with E-state index in [0.29, 0.717) is 15.8 Å². The fraction of sp³-hybridized carbons (Fsp3) is 0.250. The van der Waals surface area contributed by atoms with Crippen molar-refractivity contribution in [1.82, 2.24) is 14.8 Å². The molecule has 3 aromatic rings. The van der Waals surface area contributed by atoms with E-state index in [0.717, 1.165) is 6.20 Å². The molecule has 9 heteroatoms. The van der Waals surface area contributed by atoms with E-state index >= 15 is 0 Å². The number of aryl methyl sites for hydroxylation is 1. The molecule has 0 aliphatic rings. The maximum absolute atomic E-state index is 13.3. The van der Waals surface area contributed by atoms with Crippen LogP contribution in [0.15, 0.2) is 34.9 Å². The molecule has 2 heterocycles. The van der Waals surface area contributed by atoms with Gasteiger partial charge in [0.15, 0.2) is 23.0 Å². The summed E-state index contributed by atoms with van der Waals surface area (Å²) in [6.45, 7) is 1.40. The number of nitrogens with zero attached hydrogens (tertiary/aromatic N) is 4. The van der Waals surface area contributed by atoms with Crippen LogP contribution in [0.2, 0.25) is 0 Å². The number of carbonyl (C=O) groups excluding carboxylic acids is 1. The topological polar surface area (TPSA) is 84.7 Å². The van der Waals surface area contributed by atoms with Gasteiger partial charge in [-0.25, -0.2) is 4.98 Å². The molecule has 0 spiro atoms. The first kappa shape index (κ1) is 16.7. The highest BCUT2D eigenvalue weighted by Crippen LogP contribution is 2.34. The smallest absolute Gasteiger partial charge is 0.433 e. The zero-order chi connectivity index (χ0) is 18.2. The summed E-state index contributed by atoms with van der Waals surface area (Å²) in [5.41, 5.74) is -1.11. The average Bonchev–Trinajstić information content (AvgIpc) is 3.18. The van der Waals surface area contributed by atoms with Crippen molar-refractivity contribution >= 4 is 16.9 Å². The Balaban J connectivity index is 2.07. The minimum atomic E-state index is -4.78. The molecule has 0 fully saturated rings. The standard InChI is InChI=1S/C16H11F3N4O2/c1-2-23-14(16(17,18)19)10(8-21-23)13(24)9(7-20)15-22-11-5-3-4-6-12(11)25-15/h3-6,8-9H,2H2,1H3/t9-/m1/s1. The molecule has 0 amide bonds. The summed E-state index contributed by atoms with van der Waals surface area (Å²) in [6.07, 6.45) is -3.96. The van der Waals surface area contributed by atoms with Crippen molar-refractivity contribution in [2.24, 2.45) is 0 Å². The number of oxazole rings is 1. The van der Waals surface area contributed by atoms with Gasteiger partial charge in [-0.15, -0.1) is 0 Å². The highest BCUT2D eigenvalue weighted by molar-refractivity contribution is 6.03. The van der Waals surface area contributed by atoms with Gasteiger partial charge in [0.2, 0.25) is 5.89 Å². The summed E-state index contributed by atoms with van der Waals surface area (Å²) in [4.78, 5) is 16.6. The molecule has 0 radical (unpaired) electrons. The van der Waals surface area contributed by atoms with E-state index in [1.165, 1.54) is 6.92 Å². The van der Waals surface area contributed by atoms with Crippen LogP contribution in [0.1, 0.15) is 34.8 Å². The number of nitriles is 1. The van der Waals surface area contributed by atoms with Crippen LogP contribution in [-0.4, -0.2) is 20.5 Å². The third-order valence-electron chi connectivity index (χ3n) is 3.62. The first-order valence-electron chi connectivity index (χ1n) is 7.29. The molecule has 3 rings (SSSR count). The second kappa shape index (κ2) is 6.05. The van der Waals surface area contributed by atoms with E-state index in [1.54, 1.807) is 30.3 Å². The Labute approximate surface area is 139 Å². The third-order valence-corrected chi connectivity index (χ3v) is 3.62. The predicted molar refractivity (Wildman–Crippen MR) is 79.6 cm³/mol. The van der Waals surface area contributed by atoms with Crippen LogP contribution in [0.3, 0.4) is 0 Å². The number of rotatable bonds is 4. The lowest BCUT2D eigenvalue weighted by atomic mass is 9.99. The Morgan fingerprint density at radius 2 is 2.12 bits per heavy atom. The number of hydrogen-bond donors (Lipinski definition) is 0. The lowest BCUT2D eigenvalue weighted by molar-refractivity contribution is -0.144. The summed E-state index contributed by atoms with van der Waals surface area (Å²) in [5.74, 6) is -2.89. The van der Waals surface area contributed by atoms with E-state index in [-0.39, 0.29) is 12.4 Å². The van der Waals surface area contributed by atoms with E-state index in [9.17, 15) is 23.2 Å². The van der Waals surface area contributed by atoms with Gasteiger partial charge >= 0.3 is 6.18 Å². The van der Waals surface area contributed by atoms with Gasteiger partial charge in [0.05, 0.1) is 17.8 Å². The van der Waals surface area contributed by atoms with Gasteiger partial charge in [-0.3, -0.25) is 9.48 Å². The summed E-state index contributed by atoms with van der Waals surface area (Å²) in [5, 5.41) is 12.9. The molecule has 1 atom stereocenters. The number of alkyl halides is 3. The monoisotopic (exact) mass is 348 g/mol. The quantitative estimate of drug-likeness (QED) is 0.673. The number of fused-ring (bicyclic) bond motifs is 1. The molecule has 0 saturated carbocycles. The molecule has 0 bridgehead atoms. The summed E-state index contributed by atoms with van der Waals surface area (Å²) >= 11 is 0. The summed E-state index contributed by atoms with van der Waals surface area (Å²) in [7, 11) is 0. The average molecular weight is 348 g/mol. The number of para-hydroxylation sites is 2. The summed E-state index contributed by atoms with van der Waals surface area (Å²) < 4.78 is 45.9. The number of halogens is 3. The normalized spacial score (nSPS) is 12.9. The van der Waals surface area contributed by atoms with Gasteiger partial charge in [0.1, 0.15) is 5.52 Å². The predicted octanol–water partition coefficient (Wildman–Crippen LogP) is 3.55. The fourth-order valence-electron chi connectivity index (χ4n) is 2.50. The van der Waals surface area contributed by atoms with Gasteiger partial charge in [0, 0.05) is 6.54 Å². The van der Waals surface area contributed by atoms with Crippen LogP contribution in [0.5, 0.6) is 0 Å². The van der Waals surface area contributed by atoms with Crippen molar-refractivity contribution in [2.45, 2.75) is 25.6 Å². The number of aromatic nitrogens is 3. The Kier molecular flexibility index (Phi) is 4.04. The number of carbonyl (C=O) groups is 1. The number of ketones is 1. The van der Waals surface area contributed by atoms with Crippen molar-refractivity contribution in [3.8, 4) is 6.07 Å². The van der Waals surface area contributed by atoms with Crippen LogP contribution in [0, 0.1) is 11.3 Å². The zero-order valence-electron chi connectivity index (χ0n) is 12.9. The zero-order valence-corrected chi connectivity index (χ0v) is 12.9. The summed E-state index contributed by atoms with van der Waals surface area (Å²) in [6, 6.07) is 8.23. The van der Waals surface area contributed by atoms with Gasteiger partial charge in [-0.05, 0) is 19.1 Å². The molecule has 0 unspecified atom stereocenters. The molecule has 25 heavy (non-hydrogen) atoms. The molecule has 0 saturated heterocycles. The SMILES string of the molecule is CCn1ncc(C(=O)[C@@H](C#N)c2nc3ccccc3o2)c1C(F)(F)F. The van der Waals surface area contributed by atoms with Crippen LogP contribution in [-0.2, 0) is 12.7 Å². The van der Waals surface area contributed by atoms with E-state index in [4.69, 9.17) is 4.42 Å². The molecule has 1 aromatic carbocycles. The minimum Gasteiger partial charge on any atom is -0.439 e. The lowest BCUT2D eigenvalue weighted by Gasteiger charge is -2.11. The third kappa shape index (κ3) is 2.87. The van der Waals surface area contributed by atoms with Gasteiger partial charge in [0.25, 0.3) is 0 Å². The number of benzene rings is 1. The molecule has 2 aromatic heterocycles. The molecule has 6 nitrogen and oxygen atoms in total. The first-order valence-corrected chi connectivity index (χ1v) is 7.29. The molecule has 128 valence electrons. The van der Waals surface area contributed by atoms with E-state index < -0.39 is 29.1 Å². The van der Waals surface area contributed by atoms with Crippen molar-refractivity contribution in [2.75, 3.05) is 0 Å². The second-order valence-electron chi connectivity index (χ2n) is 5.17. The van der Waals surface area contributed by atoms with Crippen LogP contribution in [0.4, 0.5) is 13.2 Å². The van der Waals surface area contributed by atoms with E-state index in [1.807, 2.05) is 0 Å². The molecule has 0 aliphatic heterocycles. The van der Waals surface area contributed by atoms with E-state index in [2.05, 4.69) is 10.1 Å². The number of Topliss-reactive ketones (excluding diaryl/α,β-unsaturated/α-hetero) is 1. The molecular weight excluding hydrogens is 337 g/mol. The molecule has 0 aliphatic carbocycles. The highest BCUT2D eigenvalue weighted by atomic mass is 19.4. The van der Waals surface area contributed by atoms with Crippen molar-refractivity contribution in [3.05, 3.63) is 47.6 Å². The van der Waals surface area contributed by atoms with Crippen molar-refractivity contribution < 1.29 is 22.4 Å². The van der Waals surface area contributed by atoms with Crippen molar-refractivity contribution in [1.29, 1.82) is 5.26 Å². The Bertz CT molecular complexity index is 948. The Morgan fingerprint density at radius 1 is 1.40 bits per heavy atom. The minimum absolute atomic E-state index is 0.0672. The maximum atomic E-state index is 13.3. The Morgan fingerprint density at radius 3 is 2.72 bits per heavy atom. The van der Waals surface area contributed by atoms with Gasteiger partial charge in [-0.1, -0.05) is 12.1 Å². The van der Waals surface area contributed by atoms with Crippen molar-refractivity contribution in [3.63, 3.8) is 0 Å². The highest BCUT2D eigenvalue weighted by Gasteiger charge is 2.42. The van der Waals surface area contributed by atoms with Crippen LogP contribution in [0.25, 0.3) is 11.1 Å². The molecular formula is C16H11F3N4O2. The fourth-order valence-corrected chi connectivity index (χ4v) is 2.50. The maximum Gasteiger partial charge on any atom is 0.433 e. The Hall–Kier alpha value is -3.15. The van der Waals surface area contributed by atoms with Crippen LogP contribution < -0.4 is 0 Å². The lowest BCUT2D eigenvalue weighted by Crippen LogP contribution is -2.20.